The SMILES string of the molecule is COC(=O)c1sccc1S(=O)(=O)N(C(=O)N1CCCCC1)c1cccc(Br)c1. The molecule has 1 aromatic carbocycles. The van der Waals surface area contributed by atoms with Crippen molar-refractivity contribution in [2.75, 3.05) is 24.5 Å². The van der Waals surface area contributed by atoms with Crippen LogP contribution in [0.15, 0.2) is 45.1 Å². The summed E-state index contributed by atoms with van der Waals surface area (Å²) in [4.78, 5) is 26.5. The van der Waals surface area contributed by atoms with E-state index in [4.69, 9.17) is 4.74 Å². The number of anilines is 1. The number of carbonyl (C=O) groups is 2. The summed E-state index contributed by atoms with van der Waals surface area (Å²) in [5, 5.41) is 1.49. The second-order valence-electron chi connectivity index (χ2n) is 6.19. The quantitative estimate of drug-likeness (QED) is 0.607. The zero-order chi connectivity index (χ0) is 20.3. The lowest BCUT2D eigenvalue weighted by Gasteiger charge is -2.32. The smallest absolute Gasteiger partial charge is 0.349 e. The number of ether oxygens (including phenoxy) is 1. The molecule has 1 aliphatic rings. The zero-order valence-corrected chi connectivity index (χ0v) is 18.3. The number of methoxy groups -OCH3 is 1. The summed E-state index contributed by atoms with van der Waals surface area (Å²) in [5.41, 5.74) is 0.201. The Morgan fingerprint density at radius 2 is 1.89 bits per heavy atom. The number of thiophene rings is 1. The summed E-state index contributed by atoms with van der Waals surface area (Å²) < 4.78 is 33.1. The maximum atomic E-state index is 13.5. The molecule has 1 fully saturated rings. The molecule has 0 aliphatic carbocycles. The predicted octanol–water partition coefficient (Wildman–Crippen LogP) is 4.10. The summed E-state index contributed by atoms with van der Waals surface area (Å²) in [6, 6.07) is 7.20. The van der Waals surface area contributed by atoms with Crippen LogP contribution in [0.25, 0.3) is 0 Å². The first-order valence-corrected chi connectivity index (χ1v) is 11.7. The fraction of sp³-hybridized carbons (Fsp3) is 0.333. The van der Waals surface area contributed by atoms with Crippen LogP contribution in [0.3, 0.4) is 0 Å². The van der Waals surface area contributed by atoms with Gasteiger partial charge in [-0.15, -0.1) is 11.3 Å². The first kappa shape index (κ1) is 20.8. The molecule has 0 saturated carbocycles. The van der Waals surface area contributed by atoms with Gasteiger partial charge in [0.1, 0.15) is 9.77 Å². The van der Waals surface area contributed by atoms with E-state index in [2.05, 4.69) is 15.9 Å². The van der Waals surface area contributed by atoms with Crippen LogP contribution in [0.1, 0.15) is 28.9 Å². The standard InChI is InChI=1S/C18H19BrN2O5S2/c1-26-17(22)16-15(8-11-27-16)28(24,25)21(14-7-5-6-13(19)12-14)18(23)20-9-3-2-4-10-20/h5-8,11-12H,2-4,9-10H2,1H3. The summed E-state index contributed by atoms with van der Waals surface area (Å²) in [6.07, 6.45) is 2.65. The molecular weight excluding hydrogens is 468 g/mol. The van der Waals surface area contributed by atoms with Gasteiger partial charge in [-0.1, -0.05) is 22.0 Å². The second-order valence-corrected chi connectivity index (χ2v) is 9.77. The number of hydrogen-bond donors (Lipinski definition) is 0. The molecule has 10 heteroatoms. The monoisotopic (exact) mass is 486 g/mol. The first-order chi connectivity index (χ1) is 13.4. The highest BCUT2D eigenvalue weighted by atomic mass is 79.9. The number of benzene rings is 1. The molecule has 0 radical (unpaired) electrons. The summed E-state index contributed by atoms with van der Waals surface area (Å²) >= 11 is 4.28. The molecule has 28 heavy (non-hydrogen) atoms. The Balaban J connectivity index is 2.11. The average Bonchev–Trinajstić information content (AvgIpc) is 3.19. The number of esters is 1. The van der Waals surface area contributed by atoms with Crippen molar-refractivity contribution in [3.8, 4) is 0 Å². The Labute approximate surface area is 176 Å². The molecular formula is C18H19BrN2O5S2. The van der Waals surface area contributed by atoms with E-state index in [1.165, 1.54) is 23.5 Å². The number of piperidine rings is 1. The van der Waals surface area contributed by atoms with E-state index in [1.54, 1.807) is 24.3 Å². The van der Waals surface area contributed by atoms with Crippen molar-refractivity contribution in [3.05, 3.63) is 45.1 Å². The van der Waals surface area contributed by atoms with Crippen LogP contribution in [0.4, 0.5) is 10.5 Å². The van der Waals surface area contributed by atoms with Gasteiger partial charge in [0.05, 0.1) is 12.8 Å². The van der Waals surface area contributed by atoms with Gasteiger partial charge in [0.2, 0.25) is 0 Å². The molecule has 0 unspecified atom stereocenters. The predicted molar refractivity (Wildman–Crippen MR) is 110 cm³/mol. The van der Waals surface area contributed by atoms with E-state index in [9.17, 15) is 18.0 Å². The van der Waals surface area contributed by atoms with Crippen LogP contribution in [0.5, 0.6) is 0 Å². The van der Waals surface area contributed by atoms with Gasteiger partial charge in [-0.25, -0.2) is 18.0 Å². The number of carbonyl (C=O) groups excluding carboxylic acids is 2. The Kier molecular flexibility index (Phi) is 6.41. The van der Waals surface area contributed by atoms with Crippen LogP contribution in [-0.2, 0) is 14.8 Å². The second kappa shape index (κ2) is 8.62. The number of nitrogens with zero attached hydrogens (tertiary/aromatic N) is 2. The van der Waals surface area contributed by atoms with Crippen molar-refractivity contribution in [3.63, 3.8) is 0 Å². The molecule has 2 aromatic rings. The van der Waals surface area contributed by atoms with Gasteiger partial charge in [0.25, 0.3) is 10.0 Å². The van der Waals surface area contributed by atoms with E-state index in [0.29, 0.717) is 17.6 Å². The molecule has 0 atom stereocenters. The minimum atomic E-state index is -4.33. The van der Waals surface area contributed by atoms with Crippen molar-refractivity contribution in [2.45, 2.75) is 24.2 Å². The third-order valence-corrected chi connectivity index (χ3v) is 7.62. The highest BCUT2D eigenvalue weighted by molar-refractivity contribution is 9.10. The number of rotatable bonds is 4. The summed E-state index contributed by atoms with van der Waals surface area (Å²) in [6.45, 7) is 0.985. The van der Waals surface area contributed by atoms with Crippen molar-refractivity contribution in [2.24, 2.45) is 0 Å². The number of hydrogen-bond acceptors (Lipinski definition) is 6. The Morgan fingerprint density at radius 3 is 2.54 bits per heavy atom. The molecule has 1 aliphatic heterocycles. The Hall–Kier alpha value is -1.91. The van der Waals surface area contributed by atoms with E-state index >= 15 is 0 Å². The maximum Gasteiger partial charge on any atom is 0.349 e. The fourth-order valence-corrected chi connectivity index (χ4v) is 6.11. The van der Waals surface area contributed by atoms with Crippen LogP contribution in [0.2, 0.25) is 0 Å². The number of sulfonamides is 1. The third-order valence-electron chi connectivity index (χ3n) is 4.36. The molecule has 0 N–H and O–H groups in total. The molecule has 1 saturated heterocycles. The van der Waals surface area contributed by atoms with Crippen LogP contribution < -0.4 is 4.31 Å². The largest absolute Gasteiger partial charge is 0.465 e. The number of halogens is 1. The van der Waals surface area contributed by atoms with E-state index in [1.807, 2.05) is 0 Å². The van der Waals surface area contributed by atoms with Crippen molar-refractivity contribution < 1.29 is 22.7 Å². The van der Waals surface area contributed by atoms with Gasteiger partial charge in [0, 0.05) is 17.6 Å². The van der Waals surface area contributed by atoms with Crippen LogP contribution >= 0.6 is 27.3 Å². The lowest BCUT2D eigenvalue weighted by Crippen LogP contribution is -2.48. The Bertz CT molecular complexity index is 983. The van der Waals surface area contributed by atoms with Gasteiger partial charge in [0.15, 0.2) is 0 Å². The van der Waals surface area contributed by atoms with Crippen molar-refractivity contribution >= 4 is 55.0 Å². The Morgan fingerprint density at radius 1 is 1.18 bits per heavy atom. The lowest BCUT2D eigenvalue weighted by atomic mass is 10.1. The maximum absolute atomic E-state index is 13.5. The first-order valence-electron chi connectivity index (χ1n) is 8.62. The molecule has 2 amide bonds. The number of urea groups is 1. The van der Waals surface area contributed by atoms with E-state index in [-0.39, 0.29) is 15.5 Å². The summed E-state index contributed by atoms with van der Waals surface area (Å²) in [5.74, 6) is -0.756. The minimum Gasteiger partial charge on any atom is -0.465 e. The molecule has 7 nitrogen and oxygen atoms in total. The third kappa shape index (κ3) is 4.08. The topological polar surface area (TPSA) is 84.0 Å². The van der Waals surface area contributed by atoms with Gasteiger partial charge in [-0.2, -0.15) is 4.31 Å². The highest BCUT2D eigenvalue weighted by Gasteiger charge is 2.37. The van der Waals surface area contributed by atoms with Gasteiger partial charge >= 0.3 is 12.0 Å². The lowest BCUT2D eigenvalue weighted by molar-refractivity contribution is 0.0602. The normalized spacial score (nSPS) is 14.6. The van der Waals surface area contributed by atoms with Crippen molar-refractivity contribution in [1.29, 1.82) is 0 Å². The molecule has 0 bridgehead atoms. The zero-order valence-electron chi connectivity index (χ0n) is 15.1. The minimum absolute atomic E-state index is 0.0612. The van der Waals surface area contributed by atoms with E-state index in [0.717, 1.165) is 34.9 Å². The fourth-order valence-electron chi connectivity index (χ4n) is 3.01. The molecule has 1 aromatic heterocycles. The highest BCUT2D eigenvalue weighted by Crippen LogP contribution is 2.32. The average molecular weight is 487 g/mol. The molecule has 150 valence electrons. The van der Waals surface area contributed by atoms with E-state index < -0.39 is 22.0 Å². The van der Waals surface area contributed by atoms with Crippen LogP contribution in [0, 0.1) is 0 Å². The molecule has 0 spiro atoms. The van der Waals surface area contributed by atoms with Gasteiger partial charge in [-0.05, 0) is 48.9 Å². The van der Waals surface area contributed by atoms with Gasteiger partial charge < -0.3 is 9.64 Å². The summed E-state index contributed by atoms with van der Waals surface area (Å²) in [7, 11) is -3.15. The van der Waals surface area contributed by atoms with Crippen LogP contribution in [-0.4, -0.2) is 45.5 Å². The van der Waals surface area contributed by atoms with Gasteiger partial charge in [-0.3, -0.25) is 0 Å². The molecule has 3 rings (SSSR count). The number of likely N-dealkylation sites (tertiary alicyclic amines) is 1. The molecule has 2 heterocycles. The van der Waals surface area contributed by atoms with Crippen molar-refractivity contribution in [1.82, 2.24) is 4.90 Å². The number of amides is 2.